The zero-order valence-electron chi connectivity index (χ0n) is 8.65. The molecule has 80 valence electrons. The molecule has 1 heterocycles. The molecule has 0 fully saturated rings. The van der Waals surface area contributed by atoms with Gasteiger partial charge in [-0.25, -0.2) is 10.8 Å². The second kappa shape index (κ2) is 5.43. The molecule has 1 aromatic heterocycles. The molecular weight excluding hydrogens is 210 g/mol. The summed E-state index contributed by atoms with van der Waals surface area (Å²) in [5.74, 6) is 4.65. The molecule has 4 nitrogen and oxygen atoms in total. The Morgan fingerprint density at radius 1 is 1.60 bits per heavy atom. The first-order valence-corrected chi connectivity index (χ1v) is 5.36. The van der Waals surface area contributed by atoms with Crippen LogP contribution in [-0.4, -0.2) is 10.9 Å². The molecular formula is C10H13N3OS. The summed E-state index contributed by atoms with van der Waals surface area (Å²) in [6, 6.07) is 0. The zero-order chi connectivity index (χ0) is 11.3. The van der Waals surface area contributed by atoms with E-state index in [1.807, 2.05) is 32.1 Å². The maximum absolute atomic E-state index is 11.2. The van der Waals surface area contributed by atoms with Crippen LogP contribution in [0.1, 0.15) is 29.3 Å². The van der Waals surface area contributed by atoms with Crippen molar-refractivity contribution in [3.8, 4) is 0 Å². The highest BCUT2D eigenvalue weighted by Crippen LogP contribution is 2.20. The molecule has 1 aromatic rings. The zero-order valence-corrected chi connectivity index (χ0v) is 9.47. The van der Waals surface area contributed by atoms with Crippen molar-refractivity contribution in [3.05, 3.63) is 34.3 Å². The minimum absolute atomic E-state index is 0.348. The van der Waals surface area contributed by atoms with Crippen LogP contribution in [0.25, 0.3) is 5.57 Å². The summed E-state index contributed by atoms with van der Waals surface area (Å²) in [4.78, 5) is 15.3. The third kappa shape index (κ3) is 2.74. The molecule has 1 amide bonds. The van der Waals surface area contributed by atoms with Gasteiger partial charge in [0.15, 0.2) is 0 Å². The highest BCUT2D eigenvalue weighted by atomic mass is 32.1. The van der Waals surface area contributed by atoms with Crippen molar-refractivity contribution >= 4 is 22.8 Å². The molecule has 1 rings (SSSR count). The Morgan fingerprint density at radius 3 is 2.87 bits per heavy atom. The minimum atomic E-state index is -0.367. The largest absolute Gasteiger partial charge is 0.289 e. The predicted octanol–water partition coefficient (Wildman–Crippen LogP) is 1.73. The minimum Gasteiger partial charge on any atom is -0.289 e. The summed E-state index contributed by atoms with van der Waals surface area (Å²) < 4.78 is 0. The Bertz CT molecular complexity index is 407. The summed E-state index contributed by atoms with van der Waals surface area (Å²) in [5.41, 5.74) is 3.40. The van der Waals surface area contributed by atoms with Crippen molar-refractivity contribution in [2.45, 2.75) is 13.8 Å². The van der Waals surface area contributed by atoms with Gasteiger partial charge in [-0.15, -0.1) is 11.3 Å². The Kier molecular flexibility index (Phi) is 4.20. The number of rotatable bonds is 3. The summed E-state index contributed by atoms with van der Waals surface area (Å²) in [6.07, 6.45) is 5.82. The molecule has 0 aliphatic rings. The van der Waals surface area contributed by atoms with Gasteiger partial charge in [-0.05, 0) is 13.8 Å². The first kappa shape index (κ1) is 11.6. The third-order valence-electron chi connectivity index (χ3n) is 1.77. The number of carbonyl (C=O) groups excluding carboxylic acids is 1. The molecule has 0 spiro atoms. The summed E-state index contributed by atoms with van der Waals surface area (Å²) >= 11 is 1.42. The van der Waals surface area contributed by atoms with Crippen LogP contribution < -0.4 is 11.3 Å². The first-order valence-electron chi connectivity index (χ1n) is 4.48. The number of thiazole rings is 1. The number of aromatic nitrogens is 1. The number of nitrogen functional groups attached to an aromatic ring is 1. The molecule has 3 N–H and O–H groups in total. The fraction of sp³-hybridized carbons (Fsp3) is 0.200. The number of nitrogens with one attached hydrogen (secondary N) is 1. The number of carbonyl (C=O) groups is 1. The van der Waals surface area contributed by atoms with Crippen molar-refractivity contribution in [1.29, 1.82) is 0 Å². The maximum Gasteiger partial charge on any atom is 0.284 e. The fourth-order valence-corrected chi connectivity index (χ4v) is 1.91. The van der Waals surface area contributed by atoms with Gasteiger partial charge in [0, 0.05) is 11.0 Å². The van der Waals surface area contributed by atoms with Crippen LogP contribution in [0, 0.1) is 0 Å². The second-order valence-corrected chi connectivity index (χ2v) is 3.61. The van der Waals surface area contributed by atoms with Crippen LogP contribution in [0.3, 0.4) is 0 Å². The van der Waals surface area contributed by atoms with Gasteiger partial charge in [-0.1, -0.05) is 18.2 Å². The van der Waals surface area contributed by atoms with Gasteiger partial charge in [0.1, 0.15) is 10.7 Å². The summed E-state index contributed by atoms with van der Waals surface area (Å²) in [5, 5.41) is 2.50. The van der Waals surface area contributed by atoms with Gasteiger partial charge >= 0.3 is 0 Å². The monoisotopic (exact) mass is 223 g/mol. The van der Waals surface area contributed by atoms with Crippen LogP contribution in [0.15, 0.2) is 23.6 Å². The summed E-state index contributed by atoms with van der Waals surface area (Å²) in [6.45, 7) is 3.87. The molecule has 5 heteroatoms. The standard InChI is InChI=1S/C10H13N3OS/c1-3-5-7(4-2)10-12-8(6-15-10)9(14)13-11/h3-6H,11H2,1-2H3,(H,13,14)/b5-3-,7-4+. The van der Waals surface area contributed by atoms with E-state index >= 15 is 0 Å². The lowest BCUT2D eigenvalue weighted by atomic mass is 10.2. The Hall–Kier alpha value is -1.46. The van der Waals surface area contributed by atoms with Crippen LogP contribution in [0.5, 0.6) is 0 Å². The van der Waals surface area contributed by atoms with Crippen LogP contribution in [0.4, 0.5) is 0 Å². The van der Waals surface area contributed by atoms with Crippen molar-refractivity contribution in [3.63, 3.8) is 0 Å². The van der Waals surface area contributed by atoms with Gasteiger partial charge in [0.25, 0.3) is 5.91 Å². The highest BCUT2D eigenvalue weighted by Gasteiger charge is 2.09. The molecule has 0 saturated carbocycles. The molecule has 0 unspecified atom stereocenters. The Morgan fingerprint density at radius 2 is 2.33 bits per heavy atom. The van der Waals surface area contributed by atoms with E-state index < -0.39 is 0 Å². The lowest BCUT2D eigenvalue weighted by Gasteiger charge is -1.95. The maximum atomic E-state index is 11.2. The van der Waals surface area contributed by atoms with E-state index in [2.05, 4.69) is 10.4 Å². The second-order valence-electron chi connectivity index (χ2n) is 2.76. The van der Waals surface area contributed by atoms with Crippen LogP contribution in [-0.2, 0) is 0 Å². The molecule has 0 radical (unpaired) electrons. The van der Waals surface area contributed by atoms with Gasteiger partial charge in [-0.3, -0.25) is 10.2 Å². The van der Waals surface area contributed by atoms with Gasteiger partial charge in [0.05, 0.1) is 0 Å². The van der Waals surface area contributed by atoms with Crippen molar-refractivity contribution in [2.24, 2.45) is 5.84 Å². The van der Waals surface area contributed by atoms with E-state index in [0.717, 1.165) is 10.6 Å². The van der Waals surface area contributed by atoms with Gasteiger partial charge in [-0.2, -0.15) is 0 Å². The highest BCUT2D eigenvalue weighted by molar-refractivity contribution is 7.11. The molecule has 0 aliphatic carbocycles. The SMILES string of the molecule is C/C=C\C(=C/C)c1nc(C(=O)NN)cs1. The first-order chi connectivity index (χ1) is 7.22. The number of nitrogens with zero attached hydrogens (tertiary/aromatic N) is 1. The van der Waals surface area contributed by atoms with Crippen molar-refractivity contribution < 1.29 is 4.79 Å². The number of hydrogen-bond donors (Lipinski definition) is 2. The molecule has 0 bridgehead atoms. The van der Waals surface area contributed by atoms with E-state index in [1.54, 1.807) is 5.38 Å². The summed E-state index contributed by atoms with van der Waals surface area (Å²) in [7, 11) is 0. The Balaban J connectivity index is 2.97. The molecule has 0 saturated heterocycles. The average Bonchev–Trinajstić information content (AvgIpc) is 2.73. The lowest BCUT2D eigenvalue weighted by Crippen LogP contribution is -2.30. The van der Waals surface area contributed by atoms with Gasteiger partial charge in [0.2, 0.25) is 0 Å². The van der Waals surface area contributed by atoms with E-state index in [4.69, 9.17) is 5.84 Å². The smallest absolute Gasteiger partial charge is 0.284 e. The van der Waals surface area contributed by atoms with E-state index in [0.29, 0.717) is 5.69 Å². The topological polar surface area (TPSA) is 68.0 Å². The number of hydrogen-bond acceptors (Lipinski definition) is 4. The van der Waals surface area contributed by atoms with E-state index in [1.165, 1.54) is 11.3 Å². The van der Waals surface area contributed by atoms with E-state index in [-0.39, 0.29) is 5.91 Å². The van der Waals surface area contributed by atoms with Gasteiger partial charge < -0.3 is 0 Å². The van der Waals surface area contributed by atoms with Crippen molar-refractivity contribution in [1.82, 2.24) is 10.4 Å². The quantitative estimate of drug-likeness (QED) is 0.355. The van der Waals surface area contributed by atoms with Crippen molar-refractivity contribution in [2.75, 3.05) is 0 Å². The number of nitrogens with two attached hydrogens (primary N) is 1. The molecule has 0 aromatic carbocycles. The Labute approximate surface area is 92.5 Å². The fourth-order valence-electron chi connectivity index (χ4n) is 1.06. The van der Waals surface area contributed by atoms with Crippen LogP contribution >= 0.6 is 11.3 Å². The molecule has 0 aliphatic heterocycles. The predicted molar refractivity (Wildman–Crippen MR) is 62.2 cm³/mol. The lowest BCUT2D eigenvalue weighted by molar-refractivity contribution is 0.0949. The average molecular weight is 223 g/mol. The molecule has 0 atom stereocenters. The third-order valence-corrected chi connectivity index (χ3v) is 2.66. The molecule has 15 heavy (non-hydrogen) atoms. The normalized spacial score (nSPS) is 12.1. The van der Waals surface area contributed by atoms with Crippen LogP contribution in [0.2, 0.25) is 0 Å². The number of allylic oxidation sites excluding steroid dienone is 4. The number of amides is 1. The number of hydrazine groups is 1. The van der Waals surface area contributed by atoms with E-state index in [9.17, 15) is 4.79 Å².